The summed E-state index contributed by atoms with van der Waals surface area (Å²) in [5.41, 5.74) is -2.57. The fourth-order valence-corrected chi connectivity index (χ4v) is 8.23. The summed E-state index contributed by atoms with van der Waals surface area (Å²) < 4.78 is 68.3. The van der Waals surface area contributed by atoms with Gasteiger partial charge in [0.15, 0.2) is 30.1 Å². The Hall–Kier alpha value is -3.54. The number of nitrogens with zero attached hydrogens (tertiary/aromatic N) is 2. The van der Waals surface area contributed by atoms with E-state index in [1.807, 2.05) is 44.2 Å². The second-order valence-electron chi connectivity index (χ2n) is 18.9. The van der Waals surface area contributed by atoms with Gasteiger partial charge in [-0.15, -0.1) is 0 Å². The minimum absolute atomic E-state index is 0.108. The number of benzene rings is 1. The maximum absolute atomic E-state index is 14.5. The first-order valence-corrected chi connectivity index (χ1v) is 23.2. The van der Waals surface area contributed by atoms with E-state index in [1.54, 1.807) is 55.4 Å². The summed E-state index contributed by atoms with van der Waals surface area (Å²) >= 11 is 17.7. The average Bonchev–Trinajstić information content (AvgIpc) is 3.95. The molecule has 20 nitrogen and oxygen atoms in total. The molecular weight excluding hydrogens is 947 g/mol. The van der Waals surface area contributed by atoms with Crippen molar-refractivity contribution < 1.29 is 66.5 Å². The highest BCUT2D eigenvalue weighted by atomic mass is 35.6. The number of hydrogen-bond acceptors (Lipinski definition) is 16. The van der Waals surface area contributed by atoms with E-state index >= 15 is 0 Å². The lowest BCUT2D eigenvalue weighted by Gasteiger charge is -2.37. The van der Waals surface area contributed by atoms with Crippen molar-refractivity contribution in [3.8, 4) is 0 Å². The highest BCUT2D eigenvalue weighted by Gasteiger charge is 2.63. The van der Waals surface area contributed by atoms with E-state index < -0.39 is 131 Å². The standard InChI is InChI=1S/C44H61Cl3N4O16/c1-11-43(12-2)64-28-25(20-48-37(54)67-41(6,7)8)59-36(33(28)65-43)61-29(27(35(53)66-40(3,4)5)49-38(55)58-22-44(45,46)47)30-31-32(63-42(9,10)62-31)34(60-30)50-19-18-26(52)51(39(50)56)23-57-21-24-16-14-13-15-17-24/h13-19,25,27-34,36H,11-12,20-23H2,1-10H3,(H,48,54)(H,49,55)/t25-,27+,28-,29+,30-,31-,32-,33-,34-,36+/m1/s1. The second kappa shape index (κ2) is 20.8. The lowest BCUT2D eigenvalue weighted by atomic mass is 9.98. The number of hydrogen-bond donors (Lipinski definition) is 2. The van der Waals surface area contributed by atoms with Crippen LogP contribution < -0.4 is 21.9 Å². The van der Waals surface area contributed by atoms with E-state index in [1.165, 1.54) is 12.3 Å². The van der Waals surface area contributed by atoms with Crippen LogP contribution in [0.25, 0.3) is 0 Å². The van der Waals surface area contributed by atoms with Gasteiger partial charge in [0, 0.05) is 18.8 Å². The summed E-state index contributed by atoms with van der Waals surface area (Å²) in [7, 11) is 0. The van der Waals surface area contributed by atoms with Crippen molar-refractivity contribution >= 4 is 53.0 Å². The Morgan fingerprint density at radius 1 is 0.821 bits per heavy atom. The van der Waals surface area contributed by atoms with Gasteiger partial charge in [-0.1, -0.05) is 79.0 Å². The quantitative estimate of drug-likeness (QED) is 0.123. The molecule has 2 amide bonds. The van der Waals surface area contributed by atoms with Gasteiger partial charge in [-0.3, -0.25) is 9.36 Å². The maximum Gasteiger partial charge on any atom is 0.408 e. The monoisotopic (exact) mass is 1010 g/mol. The molecule has 2 N–H and O–H groups in total. The number of ether oxygens (including phenoxy) is 11. The molecule has 5 heterocycles. The average molecular weight is 1010 g/mol. The third kappa shape index (κ3) is 13.4. The molecule has 0 bridgehead atoms. The number of amides is 2. The number of esters is 1. The van der Waals surface area contributed by atoms with E-state index in [-0.39, 0.29) is 13.2 Å². The second-order valence-corrected chi connectivity index (χ2v) is 21.5. The van der Waals surface area contributed by atoms with Gasteiger partial charge < -0.3 is 62.7 Å². The van der Waals surface area contributed by atoms with Crippen LogP contribution in [-0.2, 0) is 70.2 Å². The summed E-state index contributed by atoms with van der Waals surface area (Å²) in [6, 6.07) is 8.54. The molecule has 4 fully saturated rings. The molecule has 4 aliphatic rings. The molecular formula is C44H61Cl3N4O16. The largest absolute Gasteiger partial charge is 0.458 e. The van der Waals surface area contributed by atoms with E-state index in [4.69, 9.17) is 86.9 Å². The van der Waals surface area contributed by atoms with Crippen molar-refractivity contribution in [2.45, 2.75) is 183 Å². The van der Waals surface area contributed by atoms with Crippen LogP contribution in [0.1, 0.15) is 93.9 Å². The fraction of sp³-hybridized carbons (Fsp3) is 0.705. The van der Waals surface area contributed by atoms with Crippen LogP contribution in [0.2, 0.25) is 0 Å². The molecule has 374 valence electrons. The smallest absolute Gasteiger partial charge is 0.408 e. The van der Waals surface area contributed by atoms with Crippen LogP contribution in [0.5, 0.6) is 0 Å². The van der Waals surface area contributed by atoms with Crippen molar-refractivity contribution in [2.75, 3.05) is 13.2 Å². The Morgan fingerprint density at radius 3 is 2.09 bits per heavy atom. The Kier molecular flexibility index (Phi) is 16.4. The van der Waals surface area contributed by atoms with Gasteiger partial charge in [0.1, 0.15) is 67.3 Å². The highest BCUT2D eigenvalue weighted by Crippen LogP contribution is 2.47. The van der Waals surface area contributed by atoms with Crippen LogP contribution in [0.15, 0.2) is 52.2 Å². The number of rotatable bonds is 16. The number of alkyl carbamates (subject to hydrolysis) is 2. The molecule has 0 radical (unpaired) electrons. The van der Waals surface area contributed by atoms with Gasteiger partial charge in [0.2, 0.25) is 3.79 Å². The Labute approximate surface area is 403 Å². The van der Waals surface area contributed by atoms with Gasteiger partial charge in [-0.25, -0.2) is 23.7 Å². The zero-order valence-corrected chi connectivity index (χ0v) is 41.4. The zero-order valence-electron chi connectivity index (χ0n) is 39.1. The molecule has 2 aromatic rings. The Balaban J connectivity index is 1.41. The molecule has 1 aromatic heterocycles. The highest BCUT2D eigenvalue weighted by molar-refractivity contribution is 6.67. The Morgan fingerprint density at radius 2 is 1.46 bits per heavy atom. The van der Waals surface area contributed by atoms with Gasteiger partial charge in [0.25, 0.3) is 5.56 Å². The molecule has 0 spiro atoms. The number of nitrogens with one attached hydrogen (secondary N) is 2. The van der Waals surface area contributed by atoms with Crippen molar-refractivity contribution in [3.05, 3.63) is 69.0 Å². The molecule has 10 atom stereocenters. The van der Waals surface area contributed by atoms with Gasteiger partial charge in [0.05, 0.1) is 6.61 Å². The number of fused-ring (bicyclic) bond motifs is 2. The molecule has 0 aliphatic carbocycles. The maximum atomic E-state index is 14.5. The number of carbonyl (C=O) groups is 3. The molecule has 1 aromatic carbocycles. The van der Waals surface area contributed by atoms with E-state index in [2.05, 4.69) is 10.6 Å². The molecule has 4 aliphatic heterocycles. The number of alkyl halides is 3. The van der Waals surface area contributed by atoms with Gasteiger partial charge in [-0.2, -0.15) is 0 Å². The van der Waals surface area contributed by atoms with E-state index in [9.17, 15) is 24.0 Å². The predicted octanol–water partition coefficient (Wildman–Crippen LogP) is 5.34. The fourth-order valence-electron chi connectivity index (χ4n) is 8.06. The van der Waals surface area contributed by atoms with Crippen LogP contribution in [-0.4, -0.2) is 122 Å². The topological polar surface area (TPSA) is 221 Å². The summed E-state index contributed by atoms with van der Waals surface area (Å²) in [4.78, 5) is 68.4. The van der Waals surface area contributed by atoms with Gasteiger partial charge >= 0.3 is 23.8 Å². The van der Waals surface area contributed by atoms with E-state index in [0.29, 0.717) is 12.8 Å². The molecule has 0 saturated carbocycles. The van der Waals surface area contributed by atoms with Crippen molar-refractivity contribution in [3.63, 3.8) is 0 Å². The first-order chi connectivity index (χ1) is 31.2. The van der Waals surface area contributed by atoms with Crippen molar-refractivity contribution in [1.82, 2.24) is 19.8 Å². The van der Waals surface area contributed by atoms with Crippen LogP contribution in [0, 0.1) is 0 Å². The first-order valence-electron chi connectivity index (χ1n) is 22.0. The van der Waals surface area contributed by atoms with Crippen molar-refractivity contribution in [1.29, 1.82) is 0 Å². The molecule has 0 unspecified atom stereocenters. The predicted molar refractivity (Wildman–Crippen MR) is 239 cm³/mol. The van der Waals surface area contributed by atoms with Gasteiger partial charge in [-0.05, 0) is 73.8 Å². The molecule has 4 saturated heterocycles. The SMILES string of the molecule is CCC1(CC)O[C@H]2[C@H](O[C@H]([C@H]3O[C@@H](n4ccc(=O)n(COCc5ccccc5)c4=O)[C@@H]4OC(C)(C)O[C@H]34)[C@H](NC(=O)OCC(Cl)(Cl)Cl)C(=O)OC(C)(C)C)O[C@H](CNC(=O)OC(C)(C)C)[C@H]2O1. The molecule has 67 heavy (non-hydrogen) atoms. The van der Waals surface area contributed by atoms with Crippen LogP contribution in [0.4, 0.5) is 9.59 Å². The molecule has 23 heteroatoms. The minimum atomic E-state index is -2.03. The summed E-state index contributed by atoms with van der Waals surface area (Å²) in [5, 5.41) is 5.23. The summed E-state index contributed by atoms with van der Waals surface area (Å²) in [5.74, 6) is -3.43. The normalized spacial score (nSPS) is 27.4. The minimum Gasteiger partial charge on any atom is -0.458 e. The summed E-state index contributed by atoms with van der Waals surface area (Å²) in [6.07, 6.45) is -10.6. The lowest BCUT2D eigenvalue weighted by molar-refractivity contribution is -0.275. The third-order valence-electron chi connectivity index (χ3n) is 10.9. The lowest BCUT2D eigenvalue weighted by Crippen LogP contribution is -2.59. The molecule has 6 rings (SSSR count). The number of aromatic nitrogens is 2. The summed E-state index contributed by atoms with van der Waals surface area (Å²) in [6.45, 7) is 15.9. The number of carbonyl (C=O) groups excluding carboxylic acids is 3. The van der Waals surface area contributed by atoms with Crippen molar-refractivity contribution in [2.24, 2.45) is 0 Å². The Bertz CT molecular complexity index is 2170. The van der Waals surface area contributed by atoms with E-state index in [0.717, 1.165) is 14.7 Å². The van der Waals surface area contributed by atoms with Crippen LogP contribution in [0.3, 0.4) is 0 Å². The first kappa shape index (κ1) is 52.8. The zero-order chi connectivity index (χ0) is 49.3. The third-order valence-corrected chi connectivity index (χ3v) is 11.2. The van der Waals surface area contributed by atoms with Crippen LogP contribution >= 0.6 is 34.8 Å². The number of halogens is 3.